The molecule has 112 heavy (non-hydrogen) atoms. The summed E-state index contributed by atoms with van der Waals surface area (Å²) in [5.74, 6) is -0.674. The predicted molar refractivity (Wildman–Crippen MR) is 438 cm³/mol. The van der Waals surface area contributed by atoms with Crippen molar-refractivity contribution in [2.24, 2.45) is 0 Å². The van der Waals surface area contributed by atoms with Crippen LogP contribution in [0.3, 0.4) is 0 Å². The largest absolute Gasteiger partial charge is 0.512 e. The Morgan fingerprint density at radius 3 is 1.22 bits per heavy atom. The number of likely N-dealkylation sites (tertiary alicyclic amines) is 4. The highest BCUT2D eigenvalue weighted by molar-refractivity contribution is 5.90. The second-order valence-electron chi connectivity index (χ2n) is 33.0. The van der Waals surface area contributed by atoms with Gasteiger partial charge in [0.05, 0.1) is 34.5 Å². The maximum absolute atomic E-state index is 15.6. The van der Waals surface area contributed by atoms with Crippen LogP contribution in [0, 0.1) is 13.8 Å². The Hall–Kier alpha value is -9.17. The van der Waals surface area contributed by atoms with Gasteiger partial charge in [0.15, 0.2) is 12.5 Å². The quantitative estimate of drug-likeness (QED) is 0.0290. The first kappa shape index (κ1) is 79.5. The van der Waals surface area contributed by atoms with Crippen LogP contribution in [0.15, 0.2) is 107 Å². The first-order chi connectivity index (χ1) is 54.4. The number of aromatic nitrogens is 6. The van der Waals surface area contributed by atoms with Crippen molar-refractivity contribution in [3.8, 4) is 0 Å². The first-order valence-corrected chi connectivity index (χ1v) is 42.0. The molecule has 0 bridgehead atoms. The zero-order valence-electron chi connectivity index (χ0n) is 66.9. The number of H-pyrrole nitrogens is 2. The summed E-state index contributed by atoms with van der Waals surface area (Å²) in [5, 5.41) is 24.7. The van der Waals surface area contributed by atoms with Crippen molar-refractivity contribution in [1.82, 2.24) is 79.4 Å². The molecule has 25 heteroatoms. The molecule has 0 radical (unpaired) electrons. The van der Waals surface area contributed by atoms with Crippen LogP contribution in [0.25, 0.3) is 43.6 Å². The number of carbonyl (C=O) groups is 5. The van der Waals surface area contributed by atoms with Gasteiger partial charge in [-0.3, -0.25) is 48.3 Å². The summed E-state index contributed by atoms with van der Waals surface area (Å²) < 4.78 is 16.4. The van der Waals surface area contributed by atoms with Crippen LogP contribution < -0.4 is 21.8 Å². The van der Waals surface area contributed by atoms with Crippen LogP contribution in [-0.4, -0.2) is 242 Å². The number of nitrogens with zero attached hydrogens (tertiary/aromatic N) is 12. The predicted octanol–water partition coefficient (Wildman–Crippen LogP) is 12.0. The SMILES string of the molecule is CCCCCC[C@@H](OC(=O)O[C@H](CCCCCC)n1c(=O)c(C2CCN(C(=O)N[C@H](Cc3cc(C)c4[nH]ncc4c3)C(=O)N3CCN(C4CCN(C)CC4)CC3)CC2)cc2ccccc21)n1c(=O)c(C2CCN(C(=O)N[C@H](Cc3cc(C)c4[nH]ncc4c3)C(=O)N3CCN(C4CCN(C)CC4)CC3)CC2)cc2ccccc21. The monoisotopic (exact) mass is 1530 g/mol. The molecule has 0 saturated carbocycles. The fourth-order valence-electron chi connectivity index (χ4n) is 18.8. The van der Waals surface area contributed by atoms with Crippen LogP contribution in [0.1, 0.15) is 187 Å². The summed E-state index contributed by atoms with van der Waals surface area (Å²) in [5.41, 5.74) is 7.55. The highest BCUT2D eigenvalue weighted by Crippen LogP contribution is 2.35. The third kappa shape index (κ3) is 18.5. The van der Waals surface area contributed by atoms with Crippen molar-refractivity contribution < 1.29 is 33.4 Å². The lowest BCUT2D eigenvalue weighted by molar-refractivity contribution is -0.136. The molecular weight excluding hydrogens is 1410 g/mol. The van der Waals surface area contributed by atoms with E-state index in [4.69, 9.17) is 9.47 Å². The molecule has 14 rings (SSSR count). The Morgan fingerprint density at radius 1 is 0.455 bits per heavy atom. The number of amides is 6. The van der Waals surface area contributed by atoms with Crippen molar-refractivity contribution in [2.45, 2.75) is 205 Å². The minimum Gasteiger partial charge on any atom is -0.410 e. The Balaban J connectivity index is 0.671. The number of unbranched alkanes of at least 4 members (excludes halogenated alkanes) is 6. The minimum atomic E-state index is -1.08. The zero-order valence-corrected chi connectivity index (χ0v) is 66.9. The van der Waals surface area contributed by atoms with Gasteiger partial charge in [-0.2, -0.15) is 10.2 Å². The number of hydrogen-bond donors (Lipinski definition) is 4. The molecule has 600 valence electrons. The number of nitrogens with one attached hydrogen (secondary N) is 4. The Kier molecular flexibility index (Phi) is 26.1. The number of carbonyl (C=O) groups excluding carboxylic acids is 5. The topological polar surface area (TPSA) is 255 Å². The van der Waals surface area contributed by atoms with E-state index in [0.29, 0.717) is 151 Å². The molecule has 6 aliphatic heterocycles. The van der Waals surface area contributed by atoms with Crippen molar-refractivity contribution in [2.75, 3.05) is 119 Å². The third-order valence-corrected chi connectivity index (χ3v) is 25.4. The molecule has 6 amide bonds. The Morgan fingerprint density at radius 2 is 0.839 bits per heavy atom. The highest BCUT2D eigenvalue weighted by Gasteiger charge is 2.39. The summed E-state index contributed by atoms with van der Waals surface area (Å²) in [6.45, 7) is 19.5. The lowest BCUT2D eigenvalue weighted by Gasteiger charge is -2.43. The van der Waals surface area contributed by atoms with Gasteiger partial charge in [-0.15, -0.1) is 0 Å². The van der Waals surface area contributed by atoms with Crippen molar-refractivity contribution in [3.05, 3.63) is 151 Å². The van der Waals surface area contributed by atoms with Gasteiger partial charge in [0.25, 0.3) is 11.1 Å². The molecule has 6 saturated heterocycles. The molecule has 25 nitrogen and oxygen atoms in total. The van der Waals surface area contributed by atoms with Gasteiger partial charge in [0, 0.05) is 138 Å². The van der Waals surface area contributed by atoms with Crippen molar-refractivity contribution in [3.63, 3.8) is 0 Å². The average molecular weight is 1530 g/mol. The van der Waals surface area contributed by atoms with Crippen LogP contribution >= 0.6 is 0 Å². The number of fused-ring (bicyclic) bond motifs is 4. The molecule has 0 aliphatic carbocycles. The molecule has 4 atom stereocenters. The van der Waals surface area contributed by atoms with E-state index in [-0.39, 0.29) is 46.8 Å². The van der Waals surface area contributed by atoms with Crippen molar-refractivity contribution >= 4 is 73.6 Å². The van der Waals surface area contributed by atoms with E-state index in [1.54, 1.807) is 31.3 Å². The number of rotatable bonds is 26. The fourth-order valence-corrected chi connectivity index (χ4v) is 18.8. The van der Waals surface area contributed by atoms with E-state index in [1.165, 1.54) is 0 Å². The van der Waals surface area contributed by atoms with Gasteiger partial charge in [0.1, 0.15) is 12.1 Å². The molecule has 6 aliphatic rings. The van der Waals surface area contributed by atoms with E-state index in [9.17, 15) is 19.2 Å². The summed E-state index contributed by atoms with van der Waals surface area (Å²) in [7, 11) is 4.35. The van der Waals surface area contributed by atoms with E-state index >= 15 is 14.4 Å². The highest BCUT2D eigenvalue weighted by atomic mass is 16.7. The summed E-state index contributed by atoms with van der Waals surface area (Å²) in [6, 6.07) is 26.2. The maximum atomic E-state index is 15.6. The van der Waals surface area contributed by atoms with Gasteiger partial charge in [-0.05, 0) is 200 Å². The number of benzene rings is 4. The van der Waals surface area contributed by atoms with Crippen molar-refractivity contribution in [1.29, 1.82) is 0 Å². The van der Waals surface area contributed by atoms with Gasteiger partial charge in [0.2, 0.25) is 11.8 Å². The van der Waals surface area contributed by atoms with Crippen LogP contribution in [0.4, 0.5) is 14.4 Å². The molecule has 6 fully saturated rings. The fraction of sp³-hybridized carbons (Fsp3) is 0.575. The normalized spacial score (nSPS) is 19.2. The third-order valence-electron chi connectivity index (χ3n) is 25.4. The summed E-state index contributed by atoms with van der Waals surface area (Å²) >= 11 is 0. The van der Waals surface area contributed by atoms with Gasteiger partial charge in [-0.25, -0.2) is 14.4 Å². The number of piperidine rings is 4. The van der Waals surface area contributed by atoms with Crippen LogP contribution in [0.5, 0.6) is 0 Å². The molecule has 4 aromatic carbocycles. The number of aromatic amines is 2. The van der Waals surface area contributed by atoms with E-state index in [1.807, 2.05) is 96.4 Å². The zero-order chi connectivity index (χ0) is 77.9. The number of para-hydroxylation sites is 2. The van der Waals surface area contributed by atoms with Gasteiger partial charge in [-0.1, -0.05) is 101 Å². The molecule has 4 N–H and O–H groups in total. The minimum absolute atomic E-state index is 0.0923. The molecule has 10 heterocycles. The van der Waals surface area contributed by atoms with Crippen LogP contribution in [0.2, 0.25) is 0 Å². The number of piperazine rings is 2. The molecule has 0 spiro atoms. The lowest BCUT2D eigenvalue weighted by Crippen LogP contribution is -2.59. The summed E-state index contributed by atoms with van der Waals surface area (Å²) in [6.07, 6.45) is 15.0. The molecule has 8 aromatic rings. The number of aryl methyl sites for hydroxylation is 2. The first-order valence-electron chi connectivity index (χ1n) is 42.0. The van der Waals surface area contributed by atoms with Gasteiger partial charge < -0.3 is 49.5 Å². The second-order valence-corrected chi connectivity index (χ2v) is 33.0. The average Bonchev–Trinajstić information content (AvgIpc) is 0.897. The molecule has 4 aromatic heterocycles. The Bertz CT molecular complexity index is 4400. The Labute approximate surface area is 658 Å². The van der Waals surface area contributed by atoms with E-state index in [2.05, 4.69) is 90.7 Å². The smallest absolute Gasteiger partial charge is 0.410 e. The standard InChI is InChI=1S/C87H118N16O9/c1-7-9-11-13-23-77(102-75-21-17-15-19-65(75)55-71(81(102)104)63-25-37-100(38-26-63)85(108)90-73(53-61-49-59(3)79-67(51-61)57-88-92-79)83(106)98-45-41-96(42-46-98)69-29-33-94(5)34-30-69)111-87(110)112-78(24-14-12-10-8-2)103-76-22-18-16-20-66(76)56-72(82(103)105)64-27-39-101(40-28-64)86(109)91-74(54-62-50-60(4)80-68(52-62)58-89-93-80)84(107)99-47-43-97(44-48-99)70-31-35-95(6)36-32-70/h15-22,49-52,55-58,63-64,69-70,73-74,77-78H,7-14,23-48,53-54H2,1-6H3,(H,88,92)(H,89,93)(H,90,108)(H,91,109)/t73-,74-,77-,78-/m1/s1. The van der Waals surface area contributed by atoms with E-state index < -0.39 is 30.7 Å². The summed E-state index contributed by atoms with van der Waals surface area (Å²) in [4.78, 5) is 123. The van der Waals surface area contributed by atoms with Gasteiger partial charge >= 0.3 is 18.2 Å². The number of pyridine rings is 2. The lowest BCUT2D eigenvalue weighted by atomic mass is 9.89. The van der Waals surface area contributed by atoms with E-state index in [0.717, 1.165) is 171 Å². The number of ether oxygens (including phenoxy) is 2. The second kappa shape index (κ2) is 36.8. The number of urea groups is 2. The van der Waals surface area contributed by atoms with Crippen LogP contribution in [-0.2, 0) is 31.9 Å². The molecular formula is C87H118N16O9. The maximum Gasteiger partial charge on any atom is 0.512 e. The number of hydrogen-bond acceptors (Lipinski definition) is 15. The molecule has 0 unspecified atom stereocenters.